The van der Waals surface area contributed by atoms with Crippen molar-refractivity contribution < 1.29 is 5.11 Å². The average Bonchev–Trinajstić information content (AvgIpc) is 2.45. The average molecular weight is 257 g/mol. The molecule has 74 valence electrons. The highest BCUT2D eigenvalue weighted by Crippen LogP contribution is 2.27. The van der Waals surface area contributed by atoms with E-state index in [1.807, 2.05) is 0 Å². The van der Waals surface area contributed by atoms with Crippen LogP contribution in [0.2, 0.25) is 0 Å². The van der Waals surface area contributed by atoms with Crippen molar-refractivity contribution in [2.75, 3.05) is 5.73 Å². The molecule has 0 aromatic carbocycles. The number of aromatic nitrogens is 3. The Kier molecular flexibility index (Phi) is 2.16. The third kappa shape index (κ3) is 1.27. The minimum atomic E-state index is -0.594. The number of aliphatic hydroxyl groups is 1. The molecule has 0 unspecified atom stereocenters. The van der Waals surface area contributed by atoms with E-state index in [1.54, 1.807) is 17.5 Å². The fourth-order valence-corrected chi connectivity index (χ4v) is 1.95. The van der Waals surface area contributed by atoms with Crippen molar-refractivity contribution in [3.63, 3.8) is 0 Å². The maximum Gasteiger partial charge on any atom is 0.152 e. The molecular formula is C8H9BrN4O. The molecule has 0 fully saturated rings. The van der Waals surface area contributed by atoms with Gasteiger partial charge in [-0.25, -0.2) is 9.50 Å². The standard InChI is InChI=1S/C8H9BrN4O/c1-4(14)6-2-5(9)7-8(10)11-3-12-13(6)7/h2-4,14H,1H3,(H2,10,11,12)/t4-/m0/s1. The van der Waals surface area contributed by atoms with E-state index >= 15 is 0 Å². The first kappa shape index (κ1) is 9.42. The van der Waals surface area contributed by atoms with Crippen LogP contribution in [-0.4, -0.2) is 19.7 Å². The first-order chi connectivity index (χ1) is 6.61. The SMILES string of the molecule is C[C@H](O)c1cc(Br)c2c(N)ncnn12. The summed E-state index contributed by atoms with van der Waals surface area (Å²) < 4.78 is 2.36. The highest BCUT2D eigenvalue weighted by molar-refractivity contribution is 9.10. The minimum absolute atomic E-state index is 0.388. The van der Waals surface area contributed by atoms with Gasteiger partial charge in [0.05, 0.1) is 11.8 Å². The zero-order valence-corrected chi connectivity index (χ0v) is 9.06. The van der Waals surface area contributed by atoms with Gasteiger partial charge in [0.1, 0.15) is 11.8 Å². The molecule has 6 heteroatoms. The third-order valence-corrected chi connectivity index (χ3v) is 2.60. The molecule has 2 rings (SSSR count). The largest absolute Gasteiger partial charge is 0.387 e. The lowest BCUT2D eigenvalue weighted by Gasteiger charge is -2.03. The van der Waals surface area contributed by atoms with Gasteiger partial charge in [0.15, 0.2) is 5.82 Å². The second-order valence-corrected chi connectivity index (χ2v) is 3.85. The zero-order chi connectivity index (χ0) is 10.3. The summed E-state index contributed by atoms with van der Waals surface area (Å²) in [6.07, 6.45) is 0.767. The van der Waals surface area contributed by atoms with Crippen molar-refractivity contribution in [2.24, 2.45) is 0 Å². The van der Waals surface area contributed by atoms with Crippen LogP contribution in [0, 0.1) is 0 Å². The first-order valence-electron chi connectivity index (χ1n) is 4.07. The van der Waals surface area contributed by atoms with Crippen molar-refractivity contribution in [2.45, 2.75) is 13.0 Å². The van der Waals surface area contributed by atoms with Crippen molar-refractivity contribution in [1.29, 1.82) is 0 Å². The number of nitrogens with two attached hydrogens (primary N) is 1. The maximum absolute atomic E-state index is 9.48. The highest BCUT2D eigenvalue weighted by Gasteiger charge is 2.14. The number of halogens is 1. The quantitative estimate of drug-likeness (QED) is 0.802. The molecule has 0 amide bonds. The maximum atomic E-state index is 9.48. The first-order valence-corrected chi connectivity index (χ1v) is 4.86. The monoisotopic (exact) mass is 256 g/mol. The Balaban J connectivity index is 2.84. The molecule has 14 heavy (non-hydrogen) atoms. The van der Waals surface area contributed by atoms with Crippen LogP contribution in [0.4, 0.5) is 5.82 Å². The Morgan fingerprint density at radius 2 is 2.36 bits per heavy atom. The molecule has 1 atom stereocenters. The lowest BCUT2D eigenvalue weighted by Crippen LogP contribution is -2.03. The molecule has 0 radical (unpaired) electrons. The van der Waals surface area contributed by atoms with E-state index in [0.717, 1.165) is 4.47 Å². The lowest BCUT2D eigenvalue weighted by molar-refractivity contribution is 0.192. The third-order valence-electron chi connectivity index (χ3n) is 1.99. The molecule has 2 aromatic rings. The summed E-state index contributed by atoms with van der Waals surface area (Å²) in [6.45, 7) is 1.67. The summed E-state index contributed by atoms with van der Waals surface area (Å²) in [5, 5.41) is 13.5. The van der Waals surface area contributed by atoms with Crippen LogP contribution >= 0.6 is 15.9 Å². The van der Waals surface area contributed by atoms with E-state index < -0.39 is 6.10 Å². The molecule has 0 bridgehead atoms. The smallest absolute Gasteiger partial charge is 0.152 e. The van der Waals surface area contributed by atoms with Crippen LogP contribution in [0.15, 0.2) is 16.9 Å². The topological polar surface area (TPSA) is 76.4 Å². The van der Waals surface area contributed by atoms with E-state index in [4.69, 9.17) is 5.73 Å². The highest BCUT2D eigenvalue weighted by atomic mass is 79.9. The lowest BCUT2D eigenvalue weighted by atomic mass is 10.3. The molecule has 0 aliphatic rings. The molecule has 2 aromatic heterocycles. The number of nitrogen functional groups attached to an aromatic ring is 1. The fraction of sp³-hybridized carbons (Fsp3) is 0.250. The number of anilines is 1. The number of rotatable bonds is 1. The van der Waals surface area contributed by atoms with Crippen LogP contribution in [0.1, 0.15) is 18.7 Å². The zero-order valence-electron chi connectivity index (χ0n) is 7.48. The van der Waals surface area contributed by atoms with Crippen LogP contribution in [0.5, 0.6) is 0 Å². The van der Waals surface area contributed by atoms with Gasteiger partial charge in [-0.3, -0.25) is 0 Å². The van der Waals surface area contributed by atoms with Gasteiger partial charge in [0.2, 0.25) is 0 Å². The van der Waals surface area contributed by atoms with E-state index in [0.29, 0.717) is 17.0 Å². The Morgan fingerprint density at radius 3 is 3.00 bits per heavy atom. The van der Waals surface area contributed by atoms with Crippen LogP contribution < -0.4 is 5.73 Å². The number of hydrogen-bond acceptors (Lipinski definition) is 4. The summed E-state index contributed by atoms with van der Waals surface area (Å²) >= 11 is 3.34. The molecule has 0 aliphatic carbocycles. The molecule has 0 aliphatic heterocycles. The summed E-state index contributed by atoms with van der Waals surface area (Å²) in [6, 6.07) is 1.78. The predicted octanol–water partition coefficient (Wildman–Crippen LogP) is 1.13. The van der Waals surface area contributed by atoms with Crippen molar-refractivity contribution in [3.8, 4) is 0 Å². The van der Waals surface area contributed by atoms with Crippen molar-refractivity contribution >= 4 is 27.3 Å². The number of fused-ring (bicyclic) bond motifs is 1. The van der Waals surface area contributed by atoms with Gasteiger partial charge < -0.3 is 10.8 Å². The second kappa shape index (κ2) is 3.21. The Morgan fingerprint density at radius 1 is 1.64 bits per heavy atom. The summed E-state index contributed by atoms with van der Waals surface area (Å²) in [4.78, 5) is 3.88. The van der Waals surface area contributed by atoms with E-state index in [1.165, 1.54) is 6.33 Å². The Labute approximate surface area is 88.7 Å². The summed E-state index contributed by atoms with van der Waals surface area (Å²) in [5.41, 5.74) is 7.05. The van der Waals surface area contributed by atoms with Gasteiger partial charge in [-0.05, 0) is 28.9 Å². The van der Waals surface area contributed by atoms with Crippen molar-refractivity contribution in [3.05, 3.63) is 22.6 Å². The summed E-state index contributed by atoms with van der Waals surface area (Å²) in [7, 11) is 0. The van der Waals surface area contributed by atoms with Crippen LogP contribution in [0.25, 0.3) is 5.52 Å². The molecular weight excluding hydrogens is 248 g/mol. The fourth-order valence-electron chi connectivity index (χ4n) is 1.34. The normalized spacial score (nSPS) is 13.4. The Bertz CT molecular complexity index is 479. The number of aliphatic hydroxyl groups excluding tert-OH is 1. The van der Waals surface area contributed by atoms with E-state index in [2.05, 4.69) is 26.0 Å². The predicted molar refractivity (Wildman–Crippen MR) is 55.7 cm³/mol. The Hall–Kier alpha value is -1.14. The molecule has 5 nitrogen and oxygen atoms in total. The van der Waals surface area contributed by atoms with Crippen LogP contribution in [0.3, 0.4) is 0 Å². The molecule has 3 N–H and O–H groups in total. The molecule has 0 saturated carbocycles. The van der Waals surface area contributed by atoms with Gasteiger partial charge in [0.25, 0.3) is 0 Å². The van der Waals surface area contributed by atoms with Crippen molar-refractivity contribution in [1.82, 2.24) is 14.6 Å². The van der Waals surface area contributed by atoms with Crippen LogP contribution in [-0.2, 0) is 0 Å². The number of hydrogen-bond donors (Lipinski definition) is 2. The van der Waals surface area contributed by atoms with E-state index in [9.17, 15) is 5.11 Å². The van der Waals surface area contributed by atoms with Gasteiger partial charge >= 0.3 is 0 Å². The second-order valence-electron chi connectivity index (χ2n) is 3.00. The molecule has 0 saturated heterocycles. The van der Waals surface area contributed by atoms with Gasteiger partial charge in [-0.1, -0.05) is 0 Å². The van der Waals surface area contributed by atoms with E-state index in [-0.39, 0.29) is 0 Å². The minimum Gasteiger partial charge on any atom is -0.387 e. The number of nitrogens with zero attached hydrogens (tertiary/aromatic N) is 3. The summed E-state index contributed by atoms with van der Waals surface area (Å²) in [5.74, 6) is 0.388. The van der Waals surface area contributed by atoms with Gasteiger partial charge in [-0.2, -0.15) is 5.10 Å². The molecule has 2 heterocycles. The molecule has 0 spiro atoms. The van der Waals surface area contributed by atoms with Gasteiger partial charge in [0, 0.05) is 4.47 Å². The van der Waals surface area contributed by atoms with Gasteiger partial charge in [-0.15, -0.1) is 0 Å².